The quantitative estimate of drug-likeness (QED) is 0.235. The van der Waals surface area contributed by atoms with Gasteiger partial charge >= 0.3 is 5.97 Å². The molecule has 0 aromatic heterocycles. The van der Waals surface area contributed by atoms with Crippen molar-refractivity contribution in [1.82, 2.24) is 0 Å². The van der Waals surface area contributed by atoms with Gasteiger partial charge in [0.1, 0.15) is 0 Å². The van der Waals surface area contributed by atoms with Crippen molar-refractivity contribution >= 4 is 5.97 Å². The number of ether oxygens (including phenoxy) is 1. The molecule has 0 fully saturated rings. The highest BCUT2D eigenvalue weighted by molar-refractivity contribution is 5.81. The van der Waals surface area contributed by atoms with E-state index in [1.807, 2.05) is 0 Å². The molecule has 0 saturated carbocycles. The number of hydrogen-bond acceptors (Lipinski definition) is 2. The van der Waals surface area contributed by atoms with Crippen LogP contribution < -0.4 is 0 Å². The maximum atomic E-state index is 10.8. The van der Waals surface area contributed by atoms with Crippen LogP contribution in [0.1, 0.15) is 91.4 Å². The maximum absolute atomic E-state index is 10.8. The van der Waals surface area contributed by atoms with E-state index >= 15 is 0 Å². The molecule has 0 radical (unpaired) electrons. The summed E-state index contributed by atoms with van der Waals surface area (Å²) in [7, 11) is 0. The van der Waals surface area contributed by atoms with E-state index < -0.39 is 0 Å². The normalized spacial score (nSPS) is 11.4. The van der Waals surface area contributed by atoms with Crippen LogP contribution in [0.15, 0.2) is 12.7 Å². The highest BCUT2D eigenvalue weighted by Gasteiger charge is 2.08. The molecule has 0 aliphatic carbocycles. The van der Waals surface area contributed by atoms with E-state index in [9.17, 15) is 4.79 Å². The zero-order chi connectivity index (χ0) is 16.0. The average Bonchev–Trinajstić information content (AvgIpc) is 2.42. The fraction of sp³-hybridized carbons (Fsp3) is 0.842. The molecule has 0 unspecified atom stereocenters. The summed E-state index contributed by atoms with van der Waals surface area (Å²) in [6.07, 6.45) is 15.6. The van der Waals surface area contributed by atoms with E-state index in [0.717, 1.165) is 12.8 Å². The van der Waals surface area contributed by atoms with E-state index in [0.29, 0.717) is 12.0 Å². The monoisotopic (exact) mass is 296 g/mol. The van der Waals surface area contributed by atoms with Gasteiger partial charge in [-0.1, -0.05) is 85.1 Å². The molecule has 0 saturated heterocycles. The Morgan fingerprint density at radius 1 is 0.857 bits per heavy atom. The van der Waals surface area contributed by atoms with Crippen molar-refractivity contribution in [2.75, 3.05) is 6.61 Å². The van der Waals surface area contributed by atoms with E-state index in [1.165, 1.54) is 63.9 Å². The first-order valence-corrected chi connectivity index (χ1v) is 8.75. The first-order chi connectivity index (χ1) is 9.95. The molecular formula is C19H36O2. The fourth-order valence-electron chi connectivity index (χ4n) is 2.40. The lowest BCUT2D eigenvalue weighted by molar-refractivity contribution is -0.137. The van der Waals surface area contributed by atoms with Gasteiger partial charge in [-0.2, -0.15) is 0 Å². The summed E-state index contributed by atoms with van der Waals surface area (Å²) in [6, 6.07) is 0. The summed E-state index contributed by atoms with van der Waals surface area (Å²) in [5.41, 5.74) is 0.500. The highest BCUT2D eigenvalue weighted by atomic mass is 16.5. The summed E-state index contributed by atoms with van der Waals surface area (Å²) in [4.78, 5) is 10.8. The highest BCUT2D eigenvalue weighted by Crippen LogP contribution is 2.22. The van der Waals surface area contributed by atoms with Gasteiger partial charge < -0.3 is 4.74 Å². The summed E-state index contributed by atoms with van der Waals surface area (Å²) >= 11 is 0. The molecule has 2 heteroatoms. The second kappa shape index (κ2) is 12.9. The molecule has 0 amide bonds. The fourth-order valence-corrected chi connectivity index (χ4v) is 2.40. The van der Waals surface area contributed by atoms with E-state index in [2.05, 4.69) is 27.4 Å². The minimum absolute atomic E-state index is 0.304. The molecule has 0 bridgehead atoms. The van der Waals surface area contributed by atoms with Gasteiger partial charge in [-0.3, -0.25) is 0 Å². The average molecular weight is 296 g/mol. The third kappa shape index (κ3) is 17.2. The molecule has 0 rings (SSSR count). The maximum Gasteiger partial charge on any atom is 0.330 e. The minimum Gasteiger partial charge on any atom is -0.463 e. The molecule has 21 heavy (non-hydrogen) atoms. The van der Waals surface area contributed by atoms with Gasteiger partial charge in [-0.05, 0) is 18.3 Å². The van der Waals surface area contributed by atoms with Gasteiger partial charge in [-0.15, -0.1) is 0 Å². The molecule has 0 heterocycles. The predicted molar refractivity (Wildman–Crippen MR) is 91.4 cm³/mol. The number of rotatable bonds is 13. The summed E-state index contributed by atoms with van der Waals surface area (Å²) in [5.74, 6) is -0.304. The van der Waals surface area contributed by atoms with Crippen LogP contribution in [0.3, 0.4) is 0 Å². The molecular weight excluding hydrogens is 260 g/mol. The van der Waals surface area contributed by atoms with Crippen LogP contribution in [0, 0.1) is 5.41 Å². The minimum atomic E-state index is -0.304. The number of hydrogen-bond donors (Lipinski definition) is 0. The van der Waals surface area contributed by atoms with Crippen molar-refractivity contribution < 1.29 is 9.53 Å². The lowest BCUT2D eigenvalue weighted by Crippen LogP contribution is -2.03. The Hall–Kier alpha value is -0.790. The lowest BCUT2D eigenvalue weighted by atomic mass is 9.89. The van der Waals surface area contributed by atoms with Crippen LogP contribution in [-0.4, -0.2) is 12.6 Å². The van der Waals surface area contributed by atoms with Gasteiger partial charge in [0.25, 0.3) is 0 Å². The Balaban J connectivity index is 3.09. The van der Waals surface area contributed by atoms with Crippen LogP contribution in [-0.2, 0) is 9.53 Å². The lowest BCUT2D eigenvalue weighted by Gasteiger charge is -2.17. The van der Waals surface area contributed by atoms with Gasteiger partial charge in [0, 0.05) is 6.08 Å². The zero-order valence-corrected chi connectivity index (χ0v) is 14.6. The Morgan fingerprint density at radius 2 is 1.29 bits per heavy atom. The molecule has 124 valence electrons. The van der Waals surface area contributed by atoms with Crippen molar-refractivity contribution in [1.29, 1.82) is 0 Å². The van der Waals surface area contributed by atoms with Crippen LogP contribution >= 0.6 is 0 Å². The van der Waals surface area contributed by atoms with Crippen LogP contribution in [0.4, 0.5) is 0 Å². The first kappa shape index (κ1) is 20.2. The Kier molecular flexibility index (Phi) is 12.4. The molecule has 0 N–H and O–H groups in total. The van der Waals surface area contributed by atoms with Crippen molar-refractivity contribution in [2.24, 2.45) is 5.41 Å². The Labute approximate surface area is 132 Å². The van der Waals surface area contributed by atoms with Crippen LogP contribution in [0.25, 0.3) is 0 Å². The molecule has 2 nitrogen and oxygen atoms in total. The molecule has 0 aromatic rings. The molecule has 0 aliphatic rings. The molecule has 0 atom stereocenters. The van der Waals surface area contributed by atoms with E-state index in [1.54, 1.807) is 0 Å². The predicted octanol–water partition coefficient (Wildman–Crippen LogP) is 6.05. The van der Waals surface area contributed by atoms with Crippen molar-refractivity contribution in [2.45, 2.75) is 91.4 Å². The van der Waals surface area contributed by atoms with Crippen molar-refractivity contribution in [3.05, 3.63) is 12.7 Å². The second-order valence-electron chi connectivity index (χ2n) is 7.22. The van der Waals surface area contributed by atoms with Crippen molar-refractivity contribution in [3.8, 4) is 0 Å². The number of carbonyl (C=O) groups excluding carboxylic acids is 1. The van der Waals surface area contributed by atoms with Crippen LogP contribution in [0.5, 0.6) is 0 Å². The van der Waals surface area contributed by atoms with Gasteiger partial charge in [0.2, 0.25) is 0 Å². The molecule has 0 aliphatic heterocycles. The van der Waals surface area contributed by atoms with Gasteiger partial charge in [0.15, 0.2) is 0 Å². The van der Waals surface area contributed by atoms with E-state index in [-0.39, 0.29) is 5.97 Å². The summed E-state index contributed by atoms with van der Waals surface area (Å²) in [5, 5.41) is 0. The SMILES string of the molecule is C=CC(=O)OCCCCCCCCCCCCC(C)(C)C. The third-order valence-electron chi connectivity index (χ3n) is 3.73. The molecule has 0 aromatic carbocycles. The van der Waals surface area contributed by atoms with E-state index in [4.69, 9.17) is 4.74 Å². The number of esters is 1. The zero-order valence-electron chi connectivity index (χ0n) is 14.6. The van der Waals surface area contributed by atoms with Gasteiger partial charge in [0.05, 0.1) is 6.61 Å². The second-order valence-corrected chi connectivity index (χ2v) is 7.22. The van der Waals surface area contributed by atoms with Crippen LogP contribution in [0.2, 0.25) is 0 Å². The Morgan fingerprint density at radius 3 is 1.71 bits per heavy atom. The third-order valence-corrected chi connectivity index (χ3v) is 3.73. The molecule has 0 spiro atoms. The number of unbranched alkanes of at least 4 members (excludes halogenated alkanes) is 9. The smallest absolute Gasteiger partial charge is 0.330 e. The standard InChI is InChI=1S/C19H36O2/c1-5-18(20)21-17-15-13-11-9-7-6-8-10-12-14-16-19(2,3)4/h5H,1,6-17H2,2-4H3. The first-order valence-electron chi connectivity index (χ1n) is 8.75. The largest absolute Gasteiger partial charge is 0.463 e. The topological polar surface area (TPSA) is 26.3 Å². The summed E-state index contributed by atoms with van der Waals surface area (Å²) in [6.45, 7) is 10.9. The van der Waals surface area contributed by atoms with Crippen molar-refractivity contribution in [3.63, 3.8) is 0 Å². The number of carbonyl (C=O) groups is 1. The van der Waals surface area contributed by atoms with Gasteiger partial charge in [-0.25, -0.2) is 4.79 Å². The summed E-state index contributed by atoms with van der Waals surface area (Å²) < 4.78 is 4.94. The Bertz CT molecular complexity index is 263.